The maximum absolute atomic E-state index is 12.5. The van der Waals surface area contributed by atoms with Crippen molar-refractivity contribution in [1.29, 1.82) is 0 Å². The fraction of sp³-hybridized carbons (Fsp3) is 0.714. The predicted molar refractivity (Wildman–Crippen MR) is 75.3 cm³/mol. The van der Waals surface area contributed by atoms with Crippen LogP contribution in [0.1, 0.15) is 44.2 Å². The van der Waals surface area contributed by atoms with E-state index in [1.165, 1.54) is 6.07 Å². The third-order valence-corrected chi connectivity index (χ3v) is 3.98. The monoisotopic (exact) mass is 300 g/mol. The van der Waals surface area contributed by atoms with Gasteiger partial charge in [-0.1, -0.05) is 6.92 Å². The molecule has 1 aliphatic heterocycles. The molecule has 7 heteroatoms. The zero-order valence-electron chi connectivity index (χ0n) is 12.7. The molecule has 118 valence electrons. The van der Waals surface area contributed by atoms with Gasteiger partial charge in [0.25, 0.3) is 5.91 Å². The van der Waals surface area contributed by atoms with Gasteiger partial charge in [0.15, 0.2) is 5.69 Å². The minimum atomic E-state index is -2.72. The van der Waals surface area contributed by atoms with Crippen LogP contribution in [0.25, 0.3) is 0 Å². The van der Waals surface area contributed by atoms with Crippen LogP contribution < -0.4 is 0 Å². The normalized spacial score (nSPS) is 20.5. The van der Waals surface area contributed by atoms with E-state index in [0.29, 0.717) is 29.9 Å². The Hall–Kier alpha value is -1.50. The third kappa shape index (κ3) is 3.40. The molecule has 1 aromatic rings. The quantitative estimate of drug-likeness (QED) is 0.856. The predicted octanol–water partition coefficient (Wildman–Crippen LogP) is 2.22. The number of nitrogens with zero attached hydrogens (tertiary/aromatic N) is 4. The van der Waals surface area contributed by atoms with Gasteiger partial charge in [0.2, 0.25) is 0 Å². The number of piperazine rings is 1. The average Bonchev–Trinajstić information content (AvgIpc) is 2.95. The molecular weight excluding hydrogens is 278 g/mol. The molecule has 2 heterocycles. The summed E-state index contributed by atoms with van der Waals surface area (Å²) in [5.74, 6) is -0.267. The van der Waals surface area contributed by atoms with Crippen LogP contribution in [0.5, 0.6) is 0 Å². The van der Waals surface area contributed by atoms with E-state index < -0.39 is 6.55 Å². The molecule has 0 radical (unpaired) electrons. The second-order valence-electron chi connectivity index (χ2n) is 5.60. The molecule has 1 saturated heterocycles. The SMILES string of the molecule is CC[C@H]1CN(C(=O)c2ccn(C(F)F)n2)CCN1C(C)C. The van der Waals surface area contributed by atoms with Crippen LogP contribution in [-0.4, -0.2) is 57.2 Å². The molecule has 1 fully saturated rings. The van der Waals surface area contributed by atoms with Crippen molar-refractivity contribution in [2.75, 3.05) is 19.6 Å². The van der Waals surface area contributed by atoms with Gasteiger partial charge in [-0.15, -0.1) is 0 Å². The Bertz CT molecular complexity index is 489. The van der Waals surface area contributed by atoms with Crippen LogP contribution in [0.4, 0.5) is 8.78 Å². The molecule has 21 heavy (non-hydrogen) atoms. The van der Waals surface area contributed by atoms with Crippen molar-refractivity contribution in [2.24, 2.45) is 0 Å². The zero-order valence-corrected chi connectivity index (χ0v) is 12.7. The van der Waals surface area contributed by atoms with Crippen molar-refractivity contribution >= 4 is 5.91 Å². The van der Waals surface area contributed by atoms with Crippen molar-refractivity contribution in [3.63, 3.8) is 0 Å². The van der Waals surface area contributed by atoms with Crippen LogP contribution in [-0.2, 0) is 0 Å². The minimum Gasteiger partial charge on any atom is -0.334 e. The molecule has 1 aliphatic rings. The van der Waals surface area contributed by atoms with E-state index in [0.717, 1.165) is 19.2 Å². The molecular formula is C14H22F2N4O. The van der Waals surface area contributed by atoms with Gasteiger partial charge in [-0.25, -0.2) is 4.68 Å². The second-order valence-corrected chi connectivity index (χ2v) is 5.60. The van der Waals surface area contributed by atoms with E-state index in [2.05, 4.69) is 30.8 Å². The Morgan fingerprint density at radius 3 is 2.67 bits per heavy atom. The topological polar surface area (TPSA) is 41.4 Å². The van der Waals surface area contributed by atoms with Crippen LogP contribution in [0.2, 0.25) is 0 Å². The Morgan fingerprint density at radius 2 is 2.14 bits per heavy atom. The van der Waals surface area contributed by atoms with Gasteiger partial charge in [-0.05, 0) is 26.3 Å². The average molecular weight is 300 g/mol. The second kappa shape index (κ2) is 6.51. The van der Waals surface area contributed by atoms with Gasteiger partial charge in [0, 0.05) is 37.9 Å². The van der Waals surface area contributed by atoms with Gasteiger partial charge in [0.05, 0.1) is 0 Å². The molecule has 1 aromatic heterocycles. The number of amides is 1. The largest absolute Gasteiger partial charge is 0.334 e. The van der Waals surface area contributed by atoms with E-state index in [4.69, 9.17) is 0 Å². The van der Waals surface area contributed by atoms with Crippen LogP contribution in [0.3, 0.4) is 0 Å². The molecule has 0 aromatic carbocycles. The molecule has 0 N–H and O–H groups in total. The molecule has 0 unspecified atom stereocenters. The number of hydrogen-bond acceptors (Lipinski definition) is 3. The van der Waals surface area contributed by atoms with Crippen molar-refractivity contribution in [3.05, 3.63) is 18.0 Å². The molecule has 0 aliphatic carbocycles. The first-order chi connectivity index (χ1) is 9.93. The van der Waals surface area contributed by atoms with Crippen molar-refractivity contribution in [1.82, 2.24) is 19.6 Å². The van der Waals surface area contributed by atoms with Crippen LogP contribution in [0, 0.1) is 0 Å². The minimum absolute atomic E-state index is 0.0863. The van der Waals surface area contributed by atoms with E-state index in [1.807, 2.05) is 0 Å². The lowest BCUT2D eigenvalue weighted by atomic mass is 10.1. The lowest BCUT2D eigenvalue weighted by Gasteiger charge is -2.43. The molecule has 0 saturated carbocycles. The molecule has 0 spiro atoms. The molecule has 1 amide bonds. The summed E-state index contributed by atoms with van der Waals surface area (Å²) in [7, 11) is 0. The summed E-state index contributed by atoms with van der Waals surface area (Å²) in [6, 6.07) is 2.09. The lowest BCUT2D eigenvalue weighted by Crippen LogP contribution is -2.56. The highest BCUT2D eigenvalue weighted by Crippen LogP contribution is 2.18. The number of alkyl halides is 2. The third-order valence-electron chi connectivity index (χ3n) is 3.98. The smallest absolute Gasteiger partial charge is 0.333 e. The Labute approximate surface area is 123 Å². The maximum Gasteiger partial charge on any atom is 0.333 e. The summed E-state index contributed by atoms with van der Waals surface area (Å²) >= 11 is 0. The number of rotatable bonds is 4. The molecule has 0 bridgehead atoms. The highest BCUT2D eigenvalue weighted by molar-refractivity contribution is 5.92. The van der Waals surface area contributed by atoms with Gasteiger partial charge in [-0.2, -0.15) is 13.9 Å². The summed E-state index contributed by atoms with van der Waals surface area (Å²) in [6.07, 6.45) is 2.09. The summed E-state index contributed by atoms with van der Waals surface area (Å²) in [5, 5.41) is 3.65. The first kappa shape index (κ1) is 15.9. The summed E-state index contributed by atoms with van der Waals surface area (Å²) < 4.78 is 25.5. The highest BCUT2D eigenvalue weighted by atomic mass is 19.3. The number of halogens is 2. The summed E-state index contributed by atoms with van der Waals surface area (Å²) in [5.41, 5.74) is 0.0863. The standard InChI is InChI=1S/C14H22F2N4O/c1-4-11-9-18(7-8-19(11)10(2)3)13(21)12-5-6-20(17-12)14(15)16/h5-6,10-11,14H,4,7-9H2,1-3H3/t11-/m0/s1. The van der Waals surface area contributed by atoms with Crippen molar-refractivity contribution in [3.8, 4) is 0 Å². The van der Waals surface area contributed by atoms with Gasteiger partial charge in [-0.3, -0.25) is 9.69 Å². The number of hydrogen-bond donors (Lipinski definition) is 0. The van der Waals surface area contributed by atoms with E-state index in [9.17, 15) is 13.6 Å². The number of carbonyl (C=O) groups excluding carboxylic acids is 1. The molecule has 1 atom stereocenters. The van der Waals surface area contributed by atoms with E-state index in [-0.39, 0.29) is 11.6 Å². The fourth-order valence-corrected chi connectivity index (χ4v) is 2.82. The van der Waals surface area contributed by atoms with Crippen LogP contribution >= 0.6 is 0 Å². The van der Waals surface area contributed by atoms with Gasteiger partial charge >= 0.3 is 6.55 Å². The zero-order chi connectivity index (χ0) is 15.6. The first-order valence-electron chi connectivity index (χ1n) is 7.32. The Kier molecular flexibility index (Phi) is 4.92. The van der Waals surface area contributed by atoms with Crippen LogP contribution in [0.15, 0.2) is 12.3 Å². The fourth-order valence-electron chi connectivity index (χ4n) is 2.82. The summed E-state index contributed by atoms with van der Waals surface area (Å²) in [4.78, 5) is 16.5. The first-order valence-corrected chi connectivity index (χ1v) is 7.32. The summed E-state index contributed by atoms with van der Waals surface area (Å²) in [6.45, 7) is 5.70. The van der Waals surface area contributed by atoms with Crippen molar-refractivity contribution < 1.29 is 13.6 Å². The van der Waals surface area contributed by atoms with E-state index >= 15 is 0 Å². The van der Waals surface area contributed by atoms with Gasteiger partial charge < -0.3 is 4.90 Å². The Balaban J connectivity index is 2.06. The van der Waals surface area contributed by atoms with Crippen molar-refractivity contribution in [2.45, 2.75) is 45.8 Å². The maximum atomic E-state index is 12.5. The number of aromatic nitrogens is 2. The Morgan fingerprint density at radius 1 is 1.43 bits per heavy atom. The van der Waals surface area contributed by atoms with Gasteiger partial charge in [0.1, 0.15) is 0 Å². The lowest BCUT2D eigenvalue weighted by molar-refractivity contribution is 0.0356. The molecule has 2 rings (SSSR count). The highest BCUT2D eigenvalue weighted by Gasteiger charge is 2.31. The number of carbonyl (C=O) groups is 1. The van der Waals surface area contributed by atoms with E-state index in [1.54, 1.807) is 4.90 Å². The molecule has 5 nitrogen and oxygen atoms in total.